The lowest BCUT2D eigenvalue weighted by atomic mass is 9.93. The highest BCUT2D eigenvalue weighted by Gasteiger charge is 2.30. The van der Waals surface area contributed by atoms with Crippen molar-refractivity contribution >= 4 is 10.9 Å². The largest absolute Gasteiger partial charge is 0.375 e. The number of hydrogen-bond acceptors (Lipinski definition) is 3. The summed E-state index contributed by atoms with van der Waals surface area (Å²) in [6.07, 6.45) is 3.41. The smallest absolute Gasteiger partial charge is 0.261 e. The molecular weight excluding hydrogens is 264 g/mol. The maximum Gasteiger partial charge on any atom is 0.261 e. The third kappa shape index (κ3) is 2.48. The van der Waals surface area contributed by atoms with Crippen LogP contribution < -0.4 is 5.56 Å². The van der Waals surface area contributed by atoms with E-state index in [9.17, 15) is 4.79 Å². The Kier molecular flexibility index (Phi) is 3.36. The summed E-state index contributed by atoms with van der Waals surface area (Å²) in [7, 11) is 0. The van der Waals surface area contributed by atoms with Gasteiger partial charge in [0.15, 0.2) is 0 Å². The van der Waals surface area contributed by atoms with Crippen LogP contribution in [0, 0.1) is 13.8 Å². The van der Waals surface area contributed by atoms with Crippen LogP contribution in [0.4, 0.5) is 0 Å². The summed E-state index contributed by atoms with van der Waals surface area (Å²) >= 11 is 0. The molecule has 0 spiro atoms. The van der Waals surface area contributed by atoms with E-state index in [1.807, 2.05) is 26.0 Å². The molecule has 1 aliphatic rings. The second-order valence-corrected chi connectivity index (χ2v) is 6.62. The predicted molar refractivity (Wildman–Crippen MR) is 83.8 cm³/mol. The highest BCUT2D eigenvalue weighted by Crippen LogP contribution is 2.31. The average Bonchev–Trinajstić information content (AvgIpc) is 2.42. The molecule has 0 saturated carbocycles. The summed E-state index contributed by atoms with van der Waals surface area (Å²) in [6.45, 7) is 8.91. The molecule has 4 heteroatoms. The first kappa shape index (κ1) is 14.3. The maximum atomic E-state index is 12.8. The van der Waals surface area contributed by atoms with Gasteiger partial charge in [0.05, 0.1) is 22.8 Å². The standard InChI is InChI=1S/C17H22N2O2/c1-11-5-6-14-15(12(11)2)18-10-19(16(14)20)13-7-8-21-17(3,4)9-13/h5-6,10,13H,7-9H2,1-4H3/t13-/m1/s1. The van der Waals surface area contributed by atoms with Crippen LogP contribution in [0.15, 0.2) is 23.3 Å². The maximum absolute atomic E-state index is 12.8. The third-order valence-corrected chi connectivity index (χ3v) is 4.54. The fourth-order valence-corrected chi connectivity index (χ4v) is 3.15. The molecule has 1 saturated heterocycles. The normalized spacial score (nSPS) is 21.6. The van der Waals surface area contributed by atoms with E-state index in [-0.39, 0.29) is 17.2 Å². The van der Waals surface area contributed by atoms with Crippen molar-refractivity contribution in [3.63, 3.8) is 0 Å². The summed E-state index contributed by atoms with van der Waals surface area (Å²) in [5.74, 6) is 0. The molecule has 3 rings (SSSR count). The Labute approximate surface area is 124 Å². The first-order valence-corrected chi connectivity index (χ1v) is 7.50. The summed E-state index contributed by atoms with van der Waals surface area (Å²) in [4.78, 5) is 17.3. The first-order valence-electron chi connectivity index (χ1n) is 7.50. The van der Waals surface area contributed by atoms with Crippen LogP contribution in [0.1, 0.15) is 43.9 Å². The minimum atomic E-state index is -0.180. The molecule has 21 heavy (non-hydrogen) atoms. The summed E-state index contributed by atoms with van der Waals surface area (Å²) < 4.78 is 7.54. The van der Waals surface area contributed by atoms with Gasteiger partial charge in [0.25, 0.3) is 5.56 Å². The lowest BCUT2D eigenvalue weighted by molar-refractivity contribution is -0.0696. The Bertz CT molecular complexity index is 746. The van der Waals surface area contributed by atoms with Crippen molar-refractivity contribution < 1.29 is 4.74 Å². The minimum Gasteiger partial charge on any atom is -0.375 e. The van der Waals surface area contributed by atoms with E-state index in [2.05, 4.69) is 18.8 Å². The molecule has 0 aliphatic carbocycles. The number of rotatable bonds is 1. The van der Waals surface area contributed by atoms with Crippen LogP contribution in [0.5, 0.6) is 0 Å². The van der Waals surface area contributed by atoms with E-state index in [1.54, 1.807) is 10.9 Å². The number of hydrogen-bond donors (Lipinski definition) is 0. The molecule has 112 valence electrons. The molecular formula is C17H22N2O2. The van der Waals surface area contributed by atoms with Gasteiger partial charge in [-0.2, -0.15) is 0 Å². The van der Waals surface area contributed by atoms with Crippen molar-refractivity contribution in [1.29, 1.82) is 0 Å². The van der Waals surface area contributed by atoms with Gasteiger partial charge in [0, 0.05) is 12.6 Å². The number of ether oxygens (including phenoxy) is 1. The van der Waals surface area contributed by atoms with E-state index in [4.69, 9.17) is 4.74 Å². The van der Waals surface area contributed by atoms with Gasteiger partial charge in [-0.05, 0) is 57.7 Å². The molecule has 0 amide bonds. The van der Waals surface area contributed by atoms with Crippen LogP contribution in [-0.2, 0) is 4.74 Å². The van der Waals surface area contributed by atoms with Gasteiger partial charge in [0.1, 0.15) is 0 Å². The van der Waals surface area contributed by atoms with Gasteiger partial charge in [-0.3, -0.25) is 9.36 Å². The lowest BCUT2D eigenvalue weighted by Gasteiger charge is -2.36. The molecule has 0 radical (unpaired) electrons. The molecule has 2 heterocycles. The molecule has 1 fully saturated rings. The van der Waals surface area contributed by atoms with Gasteiger partial charge in [0.2, 0.25) is 0 Å². The highest BCUT2D eigenvalue weighted by atomic mass is 16.5. The molecule has 4 nitrogen and oxygen atoms in total. The second kappa shape index (κ2) is 4.95. The van der Waals surface area contributed by atoms with Crippen LogP contribution in [-0.4, -0.2) is 21.8 Å². The Morgan fingerprint density at radius 1 is 1.33 bits per heavy atom. The van der Waals surface area contributed by atoms with E-state index in [0.717, 1.165) is 23.9 Å². The summed E-state index contributed by atoms with van der Waals surface area (Å²) in [5.41, 5.74) is 2.96. The predicted octanol–water partition coefficient (Wildman–Crippen LogP) is 3.14. The summed E-state index contributed by atoms with van der Waals surface area (Å²) in [5, 5.41) is 0.713. The van der Waals surface area contributed by atoms with Crippen molar-refractivity contribution in [2.75, 3.05) is 6.61 Å². The van der Waals surface area contributed by atoms with Crippen molar-refractivity contribution in [3.8, 4) is 0 Å². The highest BCUT2D eigenvalue weighted by molar-refractivity contribution is 5.81. The monoisotopic (exact) mass is 286 g/mol. The molecule has 0 bridgehead atoms. The summed E-state index contributed by atoms with van der Waals surface area (Å²) in [6, 6.07) is 4.06. The fourth-order valence-electron chi connectivity index (χ4n) is 3.15. The Morgan fingerprint density at radius 3 is 2.81 bits per heavy atom. The molecule has 1 aromatic heterocycles. The van der Waals surface area contributed by atoms with E-state index < -0.39 is 0 Å². The van der Waals surface area contributed by atoms with Crippen molar-refractivity contribution in [1.82, 2.24) is 9.55 Å². The van der Waals surface area contributed by atoms with Gasteiger partial charge in [-0.15, -0.1) is 0 Å². The van der Waals surface area contributed by atoms with Crippen LogP contribution >= 0.6 is 0 Å². The van der Waals surface area contributed by atoms with Gasteiger partial charge in [-0.25, -0.2) is 4.98 Å². The Balaban J connectivity index is 2.11. The molecule has 1 aliphatic heterocycles. The SMILES string of the molecule is Cc1ccc2c(=O)n([C@@H]3CCOC(C)(C)C3)cnc2c1C. The van der Waals surface area contributed by atoms with Gasteiger partial charge in [-0.1, -0.05) is 6.07 Å². The Morgan fingerprint density at radius 2 is 2.10 bits per heavy atom. The first-order chi connectivity index (χ1) is 9.89. The number of aryl methyl sites for hydroxylation is 2. The number of fused-ring (bicyclic) bond motifs is 1. The zero-order valence-electron chi connectivity index (χ0n) is 13.1. The van der Waals surface area contributed by atoms with Gasteiger partial charge >= 0.3 is 0 Å². The lowest BCUT2D eigenvalue weighted by Crippen LogP contribution is -2.38. The van der Waals surface area contributed by atoms with Crippen molar-refractivity contribution in [3.05, 3.63) is 39.9 Å². The zero-order valence-corrected chi connectivity index (χ0v) is 13.1. The van der Waals surface area contributed by atoms with Crippen molar-refractivity contribution in [2.45, 2.75) is 52.2 Å². The van der Waals surface area contributed by atoms with E-state index in [1.165, 1.54) is 5.56 Å². The van der Waals surface area contributed by atoms with Gasteiger partial charge < -0.3 is 4.74 Å². The minimum absolute atomic E-state index is 0.0609. The molecule has 1 atom stereocenters. The second-order valence-electron chi connectivity index (χ2n) is 6.62. The fraction of sp³-hybridized carbons (Fsp3) is 0.529. The number of aromatic nitrogens is 2. The third-order valence-electron chi connectivity index (χ3n) is 4.54. The zero-order chi connectivity index (χ0) is 15.2. The quantitative estimate of drug-likeness (QED) is 0.809. The molecule has 0 N–H and O–H groups in total. The number of nitrogens with zero attached hydrogens (tertiary/aromatic N) is 2. The van der Waals surface area contributed by atoms with Crippen LogP contribution in [0.25, 0.3) is 10.9 Å². The molecule has 0 unspecified atom stereocenters. The van der Waals surface area contributed by atoms with E-state index >= 15 is 0 Å². The number of benzene rings is 1. The van der Waals surface area contributed by atoms with Crippen LogP contribution in [0.2, 0.25) is 0 Å². The molecule has 2 aromatic rings. The van der Waals surface area contributed by atoms with Crippen LogP contribution in [0.3, 0.4) is 0 Å². The Hall–Kier alpha value is -1.68. The average molecular weight is 286 g/mol. The molecule has 1 aromatic carbocycles. The topological polar surface area (TPSA) is 44.1 Å². The van der Waals surface area contributed by atoms with E-state index in [0.29, 0.717) is 12.0 Å². The van der Waals surface area contributed by atoms with Crippen molar-refractivity contribution in [2.24, 2.45) is 0 Å².